The predicted octanol–water partition coefficient (Wildman–Crippen LogP) is 1.72. The number of rotatable bonds is 5. The van der Waals surface area contributed by atoms with Gasteiger partial charge in [0.2, 0.25) is 0 Å². The molecule has 0 saturated heterocycles. The SMILES string of the molecule is CCC(CO)NC(=O)c1cn[nH]c1-c1ccc(F)cc1. The summed E-state index contributed by atoms with van der Waals surface area (Å²) < 4.78 is 12.9. The first-order valence-corrected chi connectivity index (χ1v) is 6.36. The smallest absolute Gasteiger partial charge is 0.255 e. The van der Waals surface area contributed by atoms with Gasteiger partial charge in [0.15, 0.2) is 0 Å². The Morgan fingerprint density at radius 2 is 2.15 bits per heavy atom. The number of aliphatic hydroxyl groups excluding tert-OH is 1. The maximum Gasteiger partial charge on any atom is 0.255 e. The Morgan fingerprint density at radius 1 is 1.45 bits per heavy atom. The van der Waals surface area contributed by atoms with Crippen LogP contribution in [0.4, 0.5) is 4.39 Å². The van der Waals surface area contributed by atoms with Gasteiger partial charge in [0.25, 0.3) is 5.91 Å². The van der Waals surface area contributed by atoms with Crippen LogP contribution in [-0.2, 0) is 0 Å². The standard InChI is InChI=1S/C14H16FN3O2/c1-2-11(8-19)17-14(20)12-7-16-18-13(12)9-3-5-10(15)6-4-9/h3-7,11,19H,2,8H2,1H3,(H,16,18)(H,17,20). The second-order valence-corrected chi connectivity index (χ2v) is 4.43. The number of H-pyrrole nitrogens is 1. The Bertz CT molecular complexity index is 576. The summed E-state index contributed by atoms with van der Waals surface area (Å²) in [5.41, 5.74) is 1.56. The third-order valence-electron chi connectivity index (χ3n) is 3.07. The highest BCUT2D eigenvalue weighted by Crippen LogP contribution is 2.21. The molecule has 0 saturated carbocycles. The molecule has 0 aliphatic carbocycles. The maximum absolute atomic E-state index is 12.9. The van der Waals surface area contributed by atoms with Gasteiger partial charge < -0.3 is 10.4 Å². The van der Waals surface area contributed by atoms with Gasteiger partial charge in [0.1, 0.15) is 5.82 Å². The number of halogens is 1. The van der Waals surface area contributed by atoms with Gasteiger partial charge in [0, 0.05) is 5.56 Å². The molecule has 3 N–H and O–H groups in total. The van der Waals surface area contributed by atoms with Crippen LogP contribution in [0.5, 0.6) is 0 Å². The van der Waals surface area contributed by atoms with E-state index in [0.29, 0.717) is 23.2 Å². The van der Waals surface area contributed by atoms with E-state index in [1.54, 1.807) is 12.1 Å². The Morgan fingerprint density at radius 3 is 2.75 bits per heavy atom. The summed E-state index contributed by atoms with van der Waals surface area (Å²) in [5.74, 6) is -0.662. The van der Waals surface area contributed by atoms with Crippen molar-refractivity contribution in [2.75, 3.05) is 6.61 Å². The molecule has 0 bridgehead atoms. The molecule has 0 fully saturated rings. The third-order valence-corrected chi connectivity index (χ3v) is 3.07. The Hall–Kier alpha value is -2.21. The van der Waals surface area contributed by atoms with E-state index in [2.05, 4.69) is 15.5 Å². The predicted molar refractivity (Wildman–Crippen MR) is 72.6 cm³/mol. The summed E-state index contributed by atoms with van der Waals surface area (Å²) in [6, 6.07) is 5.49. The first-order chi connectivity index (χ1) is 9.65. The number of hydrogen-bond donors (Lipinski definition) is 3. The van der Waals surface area contributed by atoms with Crippen LogP contribution in [0, 0.1) is 5.82 Å². The van der Waals surface area contributed by atoms with Crippen molar-refractivity contribution in [3.05, 3.63) is 41.8 Å². The number of amides is 1. The summed E-state index contributed by atoms with van der Waals surface area (Å²) in [6.45, 7) is 1.75. The summed E-state index contributed by atoms with van der Waals surface area (Å²) in [6.07, 6.45) is 2.05. The molecule has 6 heteroatoms. The van der Waals surface area contributed by atoms with Gasteiger partial charge in [-0.3, -0.25) is 9.89 Å². The summed E-state index contributed by atoms with van der Waals surface area (Å²) in [7, 11) is 0. The van der Waals surface area contributed by atoms with Gasteiger partial charge in [-0.1, -0.05) is 6.92 Å². The molecule has 1 atom stereocenters. The molecule has 1 aromatic heterocycles. The van der Waals surface area contributed by atoms with E-state index in [9.17, 15) is 9.18 Å². The van der Waals surface area contributed by atoms with Crippen LogP contribution >= 0.6 is 0 Å². The molecule has 1 heterocycles. The highest BCUT2D eigenvalue weighted by atomic mass is 19.1. The molecule has 1 amide bonds. The zero-order valence-electron chi connectivity index (χ0n) is 11.1. The van der Waals surface area contributed by atoms with Crippen molar-refractivity contribution < 1.29 is 14.3 Å². The lowest BCUT2D eigenvalue weighted by Crippen LogP contribution is -2.37. The monoisotopic (exact) mass is 277 g/mol. The van der Waals surface area contributed by atoms with Gasteiger partial charge in [-0.2, -0.15) is 5.10 Å². The molecule has 5 nitrogen and oxygen atoms in total. The number of aromatic amines is 1. The molecule has 106 valence electrons. The van der Waals surface area contributed by atoms with Crippen LogP contribution in [0.2, 0.25) is 0 Å². The van der Waals surface area contributed by atoms with Crippen LogP contribution in [0.1, 0.15) is 23.7 Å². The number of nitrogens with one attached hydrogen (secondary N) is 2. The average molecular weight is 277 g/mol. The Balaban J connectivity index is 2.24. The molecule has 0 aliphatic rings. The molecule has 2 rings (SSSR count). The Kier molecular flexibility index (Phi) is 4.47. The quantitative estimate of drug-likeness (QED) is 0.778. The Labute approximate surface area is 115 Å². The van der Waals surface area contributed by atoms with Gasteiger partial charge in [0.05, 0.1) is 30.1 Å². The largest absolute Gasteiger partial charge is 0.394 e. The van der Waals surface area contributed by atoms with Crippen molar-refractivity contribution >= 4 is 5.91 Å². The van der Waals surface area contributed by atoms with Gasteiger partial charge >= 0.3 is 0 Å². The molecule has 0 spiro atoms. The second kappa shape index (κ2) is 6.29. The normalized spacial score (nSPS) is 12.2. The van der Waals surface area contributed by atoms with Gasteiger partial charge in [-0.15, -0.1) is 0 Å². The number of nitrogens with zero attached hydrogens (tertiary/aromatic N) is 1. The van der Waals surface area contributed by atoms with E-state index in [-0.39, 0.29) is 24.4 Å². The molecule has 2 aromatic rings. The lowest BCUT2D eigenvalue weighted by Gasteiger charge is -2.13. The van der Waals surface area contributed by atoms with Gasteiger partial charge in [-0.05, 0) is 30.7 Å². The van der Waals surface area contributed by atoms with Crippen molar-refractivity contribution in [3.63, 3.8) is 0 Å². The number of carbonyl (C=O) groups is 1. The molecule has 0 radical (unpaired) electrons. The summed E-state index contributed by atoms with van der Waals surface area (Å²) >= 11 is 0. The molecular formula is C14H16FN3O2. The highest BCUT2D eigenvalue weighted by molar-refractivity contribution is 5.99. The number of aromatic nitrogens is 2. The first-order valence-electron chi connectivity index (χ1n) is 6.36. The summed E-state index contributed by atoms with van der Waals surface area (Å²) in [4.78, 5) is 12.1. The fourth-order valence-electron chi connectivity index (χ4n) is 1.83. The maximum atomic E-state index is 12.9. The fourth-order valence-corrected chi connectivity index (χ4v) is 1.83. The van der Waals surface area contributed by atoms with E-state index < -0.39 is 0 Å². The molecule has 1 aromatic carbocycles. The van der Waals surface area contributed by atoms with Gasteiger partial charge in [-0.25, -0.2) is 4.39 Å². The van der Waals surface area contributed by atoms with E-state index in [1.165, 1.54) is 18.3 Å². The van der Waals surface area contributed by atoms with Crippen molar-refractivity contribution in [3.8, 4) is 11.3 Å². The lowest BCUT2D eigenvalue weighted by molar-refractivity contribution is 0.0915. The minimum Gasteiger partial charge on any atom is -0.394 e. The molecular weight excluding hydrogens is 261 g/mol. The van der Waals surface area contributed by atoms with Crippen molar-refractivity contribution in [1.29, 1.82) is 0 Å². The van der Waals surface area contributed by atoms with E-state index in [0.717, 1.165) is 0 Å². The van der Waals surface area contributed by atoms with E-state index >= 15 is 0 Å². The van der Waals surface area contributed by atoms with Crippen LogP contribution in [0.25, 0.3) is 11.3 Å². The number of carbonyl (C=O) groups excluding carboxylic acids is 1. The van der Waals surface area contributed by atoms with E-state index in [4.69, 9.17) is 5.11 Å². The van der Waals surface area contributed by atoms with Crippen molar-refractivity contribution in [2.45, 2.75) is 19.4 Å². The van der Waals surface area contributed by atoms with E-state index in [1.807, 2.05) is 6.92 Å². The third kappa shape index (κ3) is 3.03. The number of hydrogen-bond acceptors (Lipinski definition) is 3. The lowest BCUT2D eigenvalue weighted by atomic mass is 10.1. The minimum atomic E-state index is -0.342. The zero-order chi connectivity index (χ0) is 14.5. The van der Waals surface area contributed by atoms with Crippen LogP contribution in [0.3, 0.4) is 0 Å². The van der Waals surface area contributed by atoms with Crippen LogP contribution in [-0.4, -0.2) is 33.9 Å². The second-order valence-electron chi connectivity index (χ2n) is 4.43. The van der Waals surface area contributed by atoms with Crippen LogP contribution < -0.4 is 5.32 Å². The minimum absolute atomic E-state index is 0.119. The fraction of sp³-hybridized carbons (Fsp3) is 0.286. The molecule has 0 aliphatic heterocycles. The number of benzene rings is 1. The first kappa shape index (κ1) is 14.2. The molecule has 1 unspecified atom stereocenters. The topological polar surface area (TPSA) is 78.0 Å². The van der Waals surface area contributed by atoms with Crippen LogP contribution in [0.15, 0.2) is 30.5 Å². The van der Waals surface area contributed by atoms with Crippen molar-refractivity contribution in [1.82, 2.24) is 15.5 Å². The zero-order valence-corrected chi connectivity index (χ0v) is 11.1. The average Bonchev–Trinajstić information content (AvgIpc) is 2.94. The number of aliphatic hydroxyl groups is 1. The van der Waals surface area contributed by atoms with Crippen molar-refractivity contribution in [2.24, 2.45) is 0 Å². The molecule has 20 heavy (non-hydrogen) atoms. The summed E-state index contributed by atoms with van der Waals surface area (Å²) in [5, 5.41) is 18.4. The highest BCUT2D eigenvalue weighted by Gasteiger charge is 2.17.